The van der Waals surface area contributed by atoms with E-state index in [1.54, 1.807) is 0 Å². The molecule has 4 nitrogen and oxygen atoms in total. The fourth-order valence-electron chi connectivity index (χ4n) is 2.21. The van der Waals surface area contributed by atoms with Crippen LogP contribution in [0.5, 0.6) is 0 Å². The summed E-state index contributed by atoms with van der Waals surface area (Å²) in [6.07, 6.45) is 4.40. The van der Waals surface area contributed by atoms with Crippen molar-refractivity contribution in [2.45, 2.75) is 45.6 Å². The van der Waals surface area contributed by atoms with Crippen molar-refractivity contribution in [3.63, 3.8) is 0 Å². The van der Waals surface area contributed by atoms with Gasteiger partial charge in [0.05, 0.1) is 10.7 Å². The van der Waals surface area contributed by atoms with Gasteiger partial charge in [0.25, 0.3) is 5.91 Å². The lowest BCUT2D eigenvalue weighted by atomic mass is 10.2. The first kappa shape index (κ1) is 19.6. The van der Waals surface area contributed by atoms with E-state index in [2.05, 4.69) is 22.5 Å². The van der Waals surface area contributed by atoms with Crippen LogP contribution in [0.1, 0.15) is 46.6 Å². The molecule has 1 atom stereocenters. The highest BCUT2D eigenvalue weighted by atomic mass is 35.5. The van der Waals surface area contributed by atoms with Gasteiger partial charge in [0.1, 0.15) is 4.88 Å². The number of aryl methyl sites for hydroxylation is 2. The Bertz CT molecular complexity index is 420. The smallest absolute Gasteiger partial charge is 0.263 e. The zero-order chi connectivity index (χ0) is 13.0. The van der Waals surface area contributed by atoms with E-state index in [1.807, 2.05) is 6.92 Å². The average molecular weight is 340 g/mol. The predicted octanol–water partition coefficient (Wildman–Crippen LogP) is 2.73. The topological polar surface area (TPSA) is 54.0 Å². The Balaban J connectivity index is 0.00000180. The summed E-state index contributed by atoms with van der Waals surface area (Å²) in [6.45, 7) is 5.83. The van der Waals surface area contributed by atoms with Gasteiger partial charge in [-0.25, -0.2) is 4.98 Å². The Kier molecular flexibility index (Phi) is 9.38. The van der Waals surface area contributed by atoms with Crippen LogP contribution < -0.4 is 10.6 Å². The zero-order valence-electron chi connectivity index (χ0n) is 11.9. The molecule has 2 rings (SSSR count). The largest absolute Gasteiger partial charge is 0.350 e. The number of halogens is 2. The Morgan fingerprint density at radius 3 is 2.85 bits per heavy atom. The van der Waals surface area contributed by atoms with Crippen molar-refractivity contribution in [3.8, 4) is 0 Å². The van der Waals surface area contributed by atoms with Crippen LogP contribution in [0, 0.1) is 6.92 Å². The molecular weight excluding hydrogens is 317 g/mol. The minimum Gasteiger partial charge on any atom is -0.350 e. The van der Waals surface area contributed by atoms with Gasteiger partial charge < -0.3 is 10.6 Å². The molecule has 0 saturated carbocycles. The molecule has 1 aromatic heterocycles. The number of nitrogens with zero attached hydrogens (tertiary/aromatic N) is 1. The van der Waals surface area contributed by atoms with E-state index < -0.39 is 0 Å². The minimum atomic E-state index is 0. The maximum Gasteiger partial charge on any atom is 0.263 e. The van der Waals surface area contributed by atoms with Gasteiger partial charge in [-0.15, -0.1) is 36.2 Å². The van der Waals surface area contributed by atoms with Crippen molar-refractivity contribution in [3.05, 3.63) is 15.6 Å². The summed E-state index contributed by atoms with van der Waals surface area (Å²) in [6, 6.07) is 0.442. The van der Waals surface area contributed by atoms with Crippen LogP contribution in [0.4, 0.5) is 0 Å². The van der Waals surface area contributed by atoms with E-state index >= 15 is 0 Å². The number of hydrogen-bond donors (Lipinski definition) is 2. The van der Waals surface area contributed by atoms with Crippen LogP contribution >= 0.6 is 36.2 Å². The molecule has 7 heteroatoms. The van der Waals surface area contributed by atoms with Crippen molar-refractivity contribution in [2.75, 3.05) is 13.1 Å². The summed E-state index contributed by atoms with van der Waals surface area (Å²) in [5, 5.41) is 7.45. The molecule has 1 aromatic rings. The molecule has 1 unspecified atom stereocenters. The van der Waals surface area contributed by atoms with E-state index in [1.165, 1.54) is 17.8 Å². The van der Waals surface area contributed by atoms with Gasteiger partial charge in [-0.2, -0.15) is 0 Å². The third-order valence-electron chi connectivity index (χ3n) is 3.18. The lowest BCUT2D eigenvalue weighted by Crippen LogP contribution is -2.37. The first-order chi connectivity index (χ1) is 8.70. The van der Waals surface area contributed by atoms with Crippen LogP contribution in [-0.2, 0) is 6.42 Å². The van der Waals surface area contributed by atoms with Crippen molar-refractivity contribution in [1.29, 1.82) is 0 Å². The number of carbonyl (C=O) groups is 1. The van der Waals surface area contributed by atoms with Crippen molar-refractivity contribution in [1.82, 2.24) is 15.6 Å². The molecule has 0 spiro atoms. The van der Waals surface area contributed by atoms with E-state index in [0.29, 0.717) is 6.04 Å². The second-order valence-corrected chi connectivity index (χ2v) is 5.86. The molecule has 0 radical (unpaired) electrons. The van der Waals surface area contributed by atoms with Crippen molar-refractivity contribution in [2.24, 2.45) is 0 Å². The van der Waals surface area contributed by atoms with Gasteiger partial charge >= 0.3 is 0 Å². The van der Waals surface area contributed by atoms with Crippen molar-refractivity contribution < 1.29 is 4.79 Å². The molecule has 1 fully saturated rings. The number of rotatable bonds is 5. The quantitative estimate of drug-likeness (QED) is 0.867. The van der Waals surface area contributed by atoms with E-state index in [-0.39, 0.29) is 30.7 Å². The molecular formula is C13H23Cl2N3OS. The van der Waals surface area contributed by atoms with Crippen LogP contribution in [0.15, 0.2) is 0 Å². The summed E-state index contributed by atoms with van der Waals surface area (Å²) < 4.78 is 0. The molecule has 2 N–H and O–H groups in total. The molecule has 0 bridgehead atoms. The van der Waals surface area contributed by atoms with Gasteiger partial charge in [0.15, 0.2) is 0 Å². The highest BCUT2D eigenvalue weighted by Gasteiger charge is 2.18. The van der Waals surface area contributed by atoms with Gasteiger partial charge in [-0.3, -0.25) is 4.79 Å². The molecule has 2 heterocycles. The highest BCUT2D eigenvalue weighted by molar-refractivity contribution is 7.13. The number of amides is 1. The zero-order valence-corrected chi connectivity index (χ0v) is 14.3. The second kappa shape index (κ2) is 9.55. The third kappa shape index (κ3) is 5.20. The average Bonchev–Trinajstić information content (AvgIpc) is 2.96. The van der Waals surface area contributed by atoms with Crippen LogP contribution in [0.25, 0.3) is 0 Å². The number of carbonyl (C=O) groups excluding carboxylic acids is 1. The molecule has 1 amide bonds. The van der Waals surface area contributed by atoms with Gasteiger partial charge in [0, 0.05) is 12.6 Å². The number of hydrogen-bond acceptors (Lipinski definition) is 4. The van der Waals surface area contributed by atoms with E-state index in [0.717, 1.165) is 47.9 Å². The first-order valence-corrected chi connectivity index (χ1v) is 7.50. The number of thiazole rings is 1. The standard InChI is InChI=1S/C13H21N3OS.2ClH/c1-3-5-11-16-9(2)12(18-11)13(17)15-8-10-6-4-7-14-10;;/h10,14H,3-8H2,1-2H3,(H,15,17);2*1H. The molecule has 20 heavy (non-hydrogen) atoms. The third-order valence-corrected chi connectivity index (χ3v) is 4.40. The lowest BCUT2D eigenvalue weighted by Gasteiger charge is -2.10. The van der Waals surface area contributed by atoms with E-state index in [9.17, 15) is 4.79 Å². The minimum absolute atomic E-state index is 0. The van der Waals surface area contributed by atoms with Gasteiger partial charge in [0.2, 0.25) is 0 Å². The number of aromatic nitrogens is 1. The maximum absolute atomic E-state index is 12.1. The Labute approximate surface area is 137 Å². The summed E-state index contributed by atoms with van der Waals surface area (Å²) in [7, 11) is 0. The van der Waals surface area contributed by atoms with Crippen molar-refractivity contribution >= 4 is 42.1 Å². The fraction of sp³-hybridized carbons (Fsp3) is 0.692. The highest BCUT2D eigenvalue weighted by Crippen LogP contribution is 2.19. The molecule has 0 aromatic carbocycles. The molecule has 1 aliphatic heterocycles. The summed E-state index contributed by atoms with van der Waals surface area (Å²) in [5.41, 5.74) is 0.861. The normalized spacial score (nSPS) is 17.2. The molecule has 0 aliphatic carbocycles. The summed E-state index contributed by atoms with van der Waals surface area (Å²) in [5.74, 6) is 0.0288. The monoisotopic (exact) mass is 339 g/mol. The second-order valence-electron chi connectivity index (χ2n) is 4.78. The van der Waals surface area contributed by atoms with Gasteiger partial charge in [-0.1, -0.05) is 6.92 Å². The SMILES string of the molecule is CCCc1nc(C)c(C(=O)NCC2CCCN2)s1.Cl.Cl. The van der Waals surface area contributed by atoms with Gasteiger partial charge in [-0.05, 0) is 39.2 Å². The Hall–Kier alpha value is -0.360. The maximum atomic E-state index is 12.1. The summed E-state index contributed by atoms with van der Waals surface area (Å²) >= 11 is 1.53. The summed E-state index contributed by atoms with van der Waals surface area (Å²) in [4.78, 5) is 17.3. The molecule has 1 aliphatic rings. The molecule has 1 saturated heterocycles. The molecule has 116 valence electrons. The predicted molar refractivity (Wildman–Crippen MR) is 88.7 cm³/mol. The van der Waals surface area contributed by atoms with Crippen LogP contribution in [0.2, 0.25) is 0 Å². The first-order valence-electron chi connectivity index (χ1n) is 6.68. The van der Waals surface area contributed by atoms with Crippen LogP contribution in [0.3, 0.4) is 0 Å². The van der Waals surface area contributed by atoms with E-state index in [4.69, 9.17) is 0 Å². The van der Waals surface area contributed by atoms with Crippen LogP contribution in [-0.4, -0.2) is 30.0 Å². The lowest BCUT2D eigenvalue weighted by molar-refractivity contribution is 0.0953. The number of nitrogens with one attached hydrogen (secondary N) is 2. The Morgan fingerprint density at radius 1 is 1.50 bits per heavy atom. The Morgan fingerprint density at radius 2 is 2.25 bits per heavy atom. The fourth-order valence-corrected chi connectivity index (χ4v) is 3.29.